The Kier molecular flexibility index (Phi) is 6.19. The quantitative estimate of drug-likeness (QED) is 0.465. The predicted molar refractivity (Wildman–Crippen MR) is 130 cm³/mol. The number of nitrogens with one attached hydrogen (secondary N) is 1. The molecule has 38 heavy (non-hydrogen) atoms. The van der Waals surface area contributed by atoms with Gasteiger partial charge in [-0.1, -0.05) is 25.1 Å². The van der Waals surface area contributed by atoms with Gasteiger partial charge in [0.15, 0.2) is 0 Å². The molecule has 2 aromatic heterocycles. The maximum atomic E-state index is 13.9. The van der Waals surface area contributed by atoms with Crippen LogP contribution in [0.2, 0.25) is 0 Å². The SMILES string of the molecule is C[C@@H]1CN(C(=O)OC(C)(C)C)CC[C@@H]1n1nc(-c2ncnc3c2[C@H](C(F)(F)F)OC(=O)N3)c2ccccc21. The van der Waals surface area contributed by atoms with Crippen molar-refractivity contribution in [3.05, 3.63) is 36.2 Å². The minimum atomic E-state index is -4.88. The molecule has 13 heteroatoms. The third-order valence-corrected chi connectivity index (χ3v) is 6.55. The van der Waals surface area contributed by atoms with E-state index in [-0.39, 0.29) is 35.3 Å². The Hall–Kier alpha value is -3.90. The lowest BCUT2D eigenvalue weighted by atomic mass is 9.94. The lowest BCUT2D eigenvalue weighted by Crippen LogP contribution is -2.45. The van der Waals surface area contributed by atoms with Crippen LogP contribution in [0.3, 0.4) is 0 Å². The molecule has 1 fully saturated rings. The fraction of sp³-hybridized carbons (Fsp3) is 0.480. The number of anilines is 1. The Bertz CT molecular complexity index is 1400. The minimum absolute atomic E-state index is 0.0303. The van der Waals surface area contributed by atoms with Crippen molar-refractivity contribution in [2.75, 3.05) is 18.4 Å². The molecule has 5 rings (SSSR count). The predicted octanol–water partition coefficient (Wildman–Crippen LogP) is 5.48. The van der Waals surface area contributed by atoms with Gasteiger partial charge >= 0.3 is 18.4 Å². The molecule has 202 valence electrons. The van der Waals surface area contributed by atoms with Crippen molar-refractivity contribution in [1.82, 2.24) is 24.6 Å². The normalized spacial score (nSPS) is 22.0. The van der Waals surface area contributed by atoms with E-state index in [0.717, 1.165) is 6.33 Å². The molecule has 2 amide bonds. The number of carbonyl (C=O) groups excluding carboxylic acids is 2. The van der Waals surface area contributed by atoms with E-state index in [1.54, 1.807) is 21.7 Å². The van der Waals surface area contributed by atoms with Crippen LogP contribution < -0.4 is 5.32 Å². The van der Waals surface area contributed by atoms with Gasteiger partial charge in [0.2, 0.25) is 6.10 Å². The Labute approximate surface area is 216 Å². The highest BCUT2D eigenvalue weighted by molar-refractivity contribution is 5.95. The molecular weight excluding hydrogens is 505 g/mol. The molecule has 2 aliphatic rings. The van der Waals surface area contributed by atoms with Gasteiger partial charge in [-0.3, -0.25) is 10.00 Å². The number of amides is 2. The van der Waals surface area contributed by atoms with Crippen LogP contribution in [0, 0.1) is 5.92 Å². The van der Waals surface area contributed by atoms with Crippen molar-refractivity contribution in [3.63, 3.8) is 0 Å². The van der Waals surface area contributed by atoms with Gasteiger partial charge in [0, 0.05) is 18.5 Å². The number of halogens is 3. The first-order valence-electron chi connectivity index (χ1n) is 12.2. The second-order valence-corrected chi connectivity index (χ2v) is 10.5. The largest absolute Gasteiger partial charge is 0.444 e. The number of benzene rings is 1. The molecule has 3 aromatic rings. The fourth-order valence-electron chi connectivity index (χ4n) is 4.96. The van der Waals surface area contributed by atoms with E-state index >= 15 is 0 Å². The number of nitrogens with zero attached hydrogens (tertiary/aromatic N) is 5. The van der Waals surface area contributed by atoms with Crippen LogP contribution in [0.1, 0.15) is 51.8 Å². The van der Waals surface area contributed by atoms with Gasteiger partial charge in [-0.2, -0.15) is 18.3 Å². The summed E-state index contributed by atoms with van der Waals surface area (Å²) < 4.78 is 53.7. The van der Waals surface area contributed by atoms with Gasteiger partial charge in [-0.05, 0) is 39.2 Å². The van der Waals surface area contributed by atoms with Crippen LogP contribution in [0.25, 0.3) is 22.3 Å². The number of ether oxygens (including phenoxy) is 2. The lowest BCUT2D eigenvalue weighted by Gasteiger charge is -2.37. The van der Waals surface area contributed by atoms with Gasteiger partial charge in [0.05, 0.1) is 17.1 Å². The number of cyclic esters (lactones) is 1. The second-order valence-electron chi connectivity index (χ2n) is 10.5. The molecule has 1 N–H and O–H groups in total. The van der Waals surface area contributed by atoms with Crippen LogP contribution in [-0.2, 0) is 9.47 Å². The number of hydrogen-bond acceptors (Lipinski definition) is 7. The standard InChI is InChI=1S/C25H27F3N6O4/c1-13-11-33(23(36)38-24(2,3)4)10-9-15(13)34-16-8-6-5-7-14(16)18(32-34)19-17-20(25(26,27)28)37-22(35)31-21(17)30-12-29-19/h5-8,12-13,15,20H,9-11H2,1-4H3,(H,29,30,31,35)/t13-,15+,20-/m1/s1. The van der Waals surface area contributed by atoms with Gasteiger partial charge in [-0.15, -0.1) is 0 Å². The second kappa shape index (κ2) is 9.14. The smallest absolute Gasteiger partial charge is 0.430 e. The van der Waals surface area contributed by atoms with E-state index in [2.05, 4.69) is 20.0 Å². The fourth-order valence-corrected chi connectivity index (χ4v) is 4.96. The molecule has 1 aromatic carbocycles. The number of piperidine rings is 1. The summed E-state index contributed by atoms with van der Waals surface area (Å²) in [7, 11) is 0. The summed E-state index contributed by atoms with van der Waals surface area (Å²) in [5.41, 5.74) is -0.163. The zero-order valence-corrected chi connectivity index (χ0v) is 21.2. The van der Waals surface area contributed by atoms with E-state index in [1.807, 2.05) is 39.8 Å². The summed E-state index contributed by atoms with van der Waals surface area (Å²) in [6.07, 6.45) is -7.40. The highest BCUT2D eigenvalue weighted by Gasteiger charge is 2.50. The lowest BCUT2D eigenvalue weighted by molar-refractivity contribution is -0.206. The van der Waals surface area contributed by atoms with E-state index in [0.29, 0.717) is 30.4 Å². The number of hydrogen-bond donors (Lipinski definition) is 1. The molecule has 0 spiro atoms. The summed E-state index contributed by atoms with van der Waals surface area (Å²) >= 11 is 0. The highest BCUT2D eigenvalue weighted by atomic mass is 19.4. The monoisotopic (exact) mass is 532 g/mol. The molecule has 0 aliphatic carbocycles. The number of rotatable bonds is 2. The summed E-state index contributed by atoms with van der Waals surface area (Å²) in [5.74, 6) is -0.302. The summed E-state index contributed by atoms with van der Waals surface area (Å²) in [6, 6.07) is 7.04. The average molecular weight is 533 g/mol. The van der Waals surface area contributed by atoms with Gasteiger partial charge in [0.1, 0.15) is 29.1 Å². The topological polar surface area (TPSA) is 111 Å². The van der Waals surface area contributed by atoms with Crippen molar-refractivity contribution in [1.29, 1.82) is 0 Å². The Morgan fingerprint density at radius 3 is 2.58 bits per heavy atom. The number of alkyl halides is 3. The number of para-hydroxylation sites is 1. The van der Waals surface area contributed by atoms with Gasteiger partial charge < -0.3 is 14.4 Å². The molecule has 10 nitrogen and oxygen atoms in total. The molecule has 0 bridgehead atoms. The maximum absolute atomic E-state index is 13.9. The van der Waals surface area contributed by atoms with Crippen LogP contribution in [-0.4, -0.2) is 61.7 Å². The third-order valence-electron chi connectivity index (χ3n) is 6.55. The molecular formula is C25H27F3N6O4. The van der Waals surface area contributed by atoms with Crippen molar-refractivity contribution in [2.45, 2.75) is 58.0 Å². The van der Waals surface area contributed by atoms with Crippen LogP contribution in [0.5, 0.6) is 0 Å². The van der Waals surface area contributed by atoms with Crippen molar-refractivity contribution in [2.24, 2.45) is 5.92 Å². The third kappa shape index (κ3) is 4.72. The molecule has 0 radical (unpaired) electrons. The van der Waals surface area contributed by atoms with Crippen LogP contribution >= 0.6 is 0 Å². The summed E-state index contributed by atoms with van der Waals surface area (Å²) in [4.78, 5) is 34.1. The van der Waals surface area contributed by atoms with Crippen LogP contribution in [0.15, 0.2) is 30.6 Å². The van der Waals surface area contributed by atoms with E-state index in [9.17, 15) is 22.8 Å². The number of likely N-dealkylation sites (tertiary alicyclic amines) is 1. The average Bonchev–Trinajstić information content (AvgIpc) is 3.20. The Morgan fingerprint density at radius 1 is 1.16 bits per heavy atom. The molecule has 0 unspecified atom stereocenters. The molecule has 4 heterocycles. The first kappa shape index (κ1) is 25.7. The molecule has 3 atom stereocenters. The number of fused-ring (bicyclic) bond motifs is 2. The van der Waals surface area contributed by atoms with E-state index in [1.165, 1.54) is 0 Å². The molecule has 0 saturated carbocycles. The zero-order chi connectivity index (χ0) is 27.4. The van der Waals surface area contributed by atoms with Crippen molar-refractivity contribution in [3.8, 4) is 11.4 Å². The first-order chi connectivity index (χ1) is 17.8. The first-order valence-corrected chi connectivity index (χ1v) is 12.2. The van der Waals surface area contributed by atoms with Gasteiger partial charge in [0.25, 0.3) is 0 Å². The zero-order valence-electron chi connectivity index (χ0n) is 21.2. The van der Waals surface area contributed by atoms with Crippen LogP contribution in [0.4, 0.5) is 28.6 Å². The minimum Gasteiger partial charge on any atom is -0.444 e. The van der Waals surface area contributed by atoms with Crippen molar-refractivity contribution < 1.29 is 32.2 Å². The van der Waals surface area contributed by atoms with E-state index < -0.39 is 29.5 Å². The molecule has 2 aliphatic heterocycles. The highest BCUT2D eigenvalue weighted by Crippen LogP contribution is 2.46. The van der Waals surface area contributed by atoms with Crippen molar-refractivity contribution >= 4 is 28.9 Å². The number of aromatic nitrogens is 4. The maximum Gasteiger partial charge on any atom is 0.430 e. The number of carbonyl (C=O) groups is 2. The molecule has 1 saturated heterocycles. The Balaban J connectivity index is 1.55. The van der Waals surface area contributed by atoms with Gasteiger partial charge in [-0.25, -0.2) is 19.6 Å². The summed E-state index contributed by atoms with van der Waals surface area (Å²) in [5, 5.41) is 7.59. The summed E-state index contributed by atoms with van der Waals surface area (Å²) in [6.45, 7) is 8.29. The Morgan fingerprint density at radius 2 is 1.89 bits per heavy atom. The van der Waals surface area contributed by atoms with E-state index in [4.69, 9.17) is 9.84 Å².